The molecule has 142 valence electrons. The van der Waals surface area contributed by atoms with Gasteiger partial charge in [0.15, 0.2) is 9.84 Å². The minimum atomic E-state index is -2.99. The van der Waals surface area contributed by atoms with Gasteiger partial charge in [-0.2, -0.15) is 0 Å². The molecule has 1 fully saturated rings. The van der Waals surface area contributed by atoms with Gasteiger partial charge in [-0.3, -0.25) is 4.90 Å². The Bertz CT molecular complexity index is 1040. The lowest BCUT2D eigenvalue weighted by Gasteiger charge is -2.16. The molecule has 4 nitrogen and oxygen atoms in total. The van der Waals surface area contributed by atoms with Gasteiger partial charge in [-0.25, -0.2) is 8.42 Å². The maximum absolute atomic E-state index is 11.9. The van der Waals surface area contributed by atoms with Gasteiger partial charge in [0.25, 0.3) is 0 Å². The van der Waals surface area contributed by atoms with E-state index in [-0.39, 0.29) is 11.5 Å². The molecule has 4 rings (SSSR count). The van der Waals surface area contributed by atoms with E-state index < -0.39 is 9.84 Å². The van der Waals surface area contributed by atoms with E-state index >= 15 is 0 Å². The monoisotopic (exact) mass is 382 g/mol. The standard InChI is InChI=1S/C22H26N2O2S/c1-2-27(25,26)16-17-6-5-7-18(12-17)19-10-11-24(14-19)15-20-13-23-22-9-4-3-8-21(20)22/h3-9,12-13,19,23H,2,10-11,14-16H2,1H3. The van der Waals surface area contributed by atoms with Crippen molar-refractivity contribution in [2.45, 2.75) is 31.6 Å². The van der Waals surface area contributed by atoms with Crippen molar-refractivity contribution in [2.24, 2.45) is 0 Å². The summed E-state index contributed by atoms with van der Waals surface area (Å²) in [5, 5.41) is 1.30. The SMILES string of the molecule is CCS(=O)(=O)Cc1cccc(C2CCN(Cc3c[nH]c4ccccc34)C2)c1. The number of para-hydroxylation sites is 1. The number of benzene rings is 2. The van der Waals surface area contributed by atoms with E-state index in [9.17, 15) is 8.42 Å². The molecule has 1 aromatic heterocycles. The maximum Gasteiger partial charge on any atom is 0.154 e. The zero-order chi connectivity index (χ0) is 18.9. The number of likely N-dealkylation sites (tertiary alicyclic amines) is 1. The molecule has 1 saturated heterocycles. The Morgan fingerprint density at radius 1 is 1.15 bits per heavy atom. The molecule has 2 heterocycles. The number of aromatic nitrogens is 1. The zero-order valence-corrected chi connectivity index (χ0v) is 16.5. The second-order valence-electron chi connectivity index (χ2n) is 7.50. The summed E-state index contributed by atoms with van der Waals surface area (Å²) in [6.45, 7) is 4.74. The lowest BCUT2D eigenvalue weighted by Crippen LogP contribution is -2.19. The summed E-state index contributed by atoms with van der Waals surface area (Å²) in [7, 11) is -2.99. The normalized spacial score (nSPS) is 18.3. The average Bonchev–Trinajstić information content (AvgIpc) is 3.30. The van der Waals surface area contributed by atoms with E-state index in [1.807, 2.05) is 12.1 Å². The third-order valence-corrected chi connectivity index (χ3v) is 7.24. The molecule has 2 aromatic carbocycles. The molecule has 1 N–H and O–H groups in total. The Hall–Kier alpha value is -2.11. The molecular formula is C22H26N2O2S. The molecule has 5 heteroatoms. The Morgan fingerprint density at radius 2 is 2.00 bits per heavy atom. The number of sulfone groups is 1. The average molecular weight is 383 g/mol. The van der Waals surface area contributed by atoms with E-state index in [0.717, 1.165) is 31.6 Å². The fourth-order valence-electron chi connectivity index (χ4n) is 4.04. The van der Waals surface area contributed by atoms with E-state index in [0.29, 0.717) is 5.92 Å². The molecule has 27 heavy (non-hydrogen) atoms. The highest BCUT2D eigenvalue weighted by atomic mass is 32.2. The lowest BCUT2D eigenvalue weighted by molar-refractivity contribution is 0.328. The van der Waals surface area contributed by atoms with Crippen molar-refractivity contribution in [3.8, 4) is 0 Å². The van der Waals surface area contributed by atoms with Crippen LogP contribution >= 0.6 is 0 Å². The summed E-state index contributed by atoms with van der Waals surface area (Å²) in [4.78, 5) is 5.85. The molecule has 0 amide bonds. The topological polar surface area (TPSA) is 53.2 Å². The maximum atomic E-state index is 11.9. The van der Waals surface area contributed by atoms with Crippen molar-refractivity contribution >= 4 is 20.7 Å². The molecule has 0 aliphatic carbocycles. The Balaban J connectivity index is 1.45. The first-order chi connectivity index (χ1) is 13.0. The summed E-state index contributed by atoms with van der Waals surface area (Å²) in [5.74, 6) is 0.807. The fraction of sp³-hybridized carbons (Fsp3) is 0.364. The largest absolute Gasteiger partial charge is 0.361 e. The highest BCUT2D eigenvalue weighted by Crippen LogP contribution is 2.30. The van der Waals surface area contributed by atoms with Crippen LogP contribution in [0, 0.1) is 0 Å². The Labute approximate surface area is 161 Å². The number of nitrogens with zero attached hydrogens (tertiary/aromatic N) is 1. The molecule has 0 spiro atoms. The van der Waals surface area contributed by atoms with Crippen molar-refractivity contribution in [1.29, 1.82) is 0 Å². The number of hydrogen-bond acceptors (Lipinski definition) is 3. The van der Waals surface area contributed by atoms with Gasteiger partial charge in [0, 0.05) is 35.9 Å². The second-order valence-corrected chi connectivity index (χ2v) is 9.85. The Kier molecular flexibility index (Phi) is 5.06. The van der Waals surface area contributed by atoms with Gasteiger partial charge in [-0.15, -0.1) is 0 Å². The number of hydrogen-bond donors (Lipinski definition) is 1. The zero-order valence-electron chi connectivity index (χ0n) is 15.7. The first kappa shape index (κ1) is 18.3. The van der Waals surface area contributed by atoms with Crippen LogP contribution in [0.5, 0.6) is 0 Å². The number of fused-ring (bicyclic) bond motifs is 1. The van der Waals surface area contributed by atoms with Crippen LogP contribution in [0.4, 0.5) is 0 Å². The summed E-state index contributed by atoms with van der Waals surface area (Å²) >= 11 is 0. The number of H-pyrrole nitrogens is 1. The van der Waals surface area contributed by atoms with Crippen LogP contribution < -0.4 is 0 Å². The number of nitrogens with one attached hydrogen (secondary N) is 1. The van der Waals surface area contributed by atoms with Crippen molar-refractivity contribution < 1.29 is 8.42 Å². The van der Waals surface area contributed by atoms with Gasteiger partial charge in [0.05, 0.1) is 5.75 Å². The van der Waals surface area contributed by atoms with Gasteiger partial charge in [-0.05, 0) is 41.6 Å². The van der Waals surface area contributed by atoms with Crippen LogP contribution in [0.2, 0.25) is 0 Å². The van der Waals surface area contributed by atoms with Crippen molar-refractivity contribution in [3.63, 3.8) is 0 Å². The number of aromatic amines is 1. The molecule has 3 aromatic rings. The summed E-state index contributed by atoms with van der Waals surface area (Å²) in [5.41, 5.74) is 4.70. The molecule has 0 radical (unpaired) electrons. The van der Waals surface area contributed by atoms with Crippen LogP contribution in [-0.2, 0) is 22.1 Å². The molecule has 0 saturated carbocycles. The van der Waals surface area contributed by atoms with E-state index in [1.165, 1.54) is 22.0 Å². The molecule has 1 aliphatic heterocycles. The van der Waals surface area contributed by atoms with Crippen LogP contribution in [0.25, 0.3) is 10.9 Å². The van der Waals surface area contributed by atoms with Crippen LogP contribution in [0.15, 0.2) is 54.7 Å². The Morgan fingerprint density at radius 3 is 2.85 bits per heavy atom. The second kappa shape index (κ2) is 7.49. The van der Waals surface area contributed by atoms with Crippen molar-refractivity contribution in [3.05, 3.63) is 71.4 Å². The third kappa shape index (κ3) is 4.09. The van der Waals surface area contributed by atoms with Gasteiger partial charge in [-0.1, -0.05) is 49.4 Å². The van der Waals surface area contributed by atoms with Crippen LogP contribution in [0.1, 0.15) is 36.0 Å². The molecular weight excluding hydrogens is 356 g/mol. The first-order valence-corrected chi connectivity index (χ1v) is 11.4. The van der Waals surface area contributed by atoms with Crippen molar-refractivity contribution in [2.75, 3.05) is 18.8 Å². The summed E-state index contributed by atoms with van der Waals surface area (Å²) < 4.78 is 23.9. The highest BCUT2D eigenvalue weighted by Gasteiger charge is 2.25. The lowest BCUT2D eigenvalue weighted by atomic mass is 9.97. The van der Waals surface area contributed by atoms with E-state index in [2.05, 4.69) is 52.5 Å². The quantitative estimate of drug-likeness (QED) is 0.698. The predicted octanol–water partition coefficient (Wildman–Crippen LogP) is 4.09. The molecule has 1 unspecified atom stereocenters. The summed E-state index contributed by atoms with van der Waals surface area (Å²) in [6.07, 6.45) is 3.24. The summed E-state index contributed by atoms with van der Waals surface area (Å²) in [6, 6.07) is 16.6. The number of rotatable bonds is 6. The van der Waals surface area contributed by atoms with Gasteiger partial charge >= 0.3 is 0 Å². The third-order valence-electron chi connectivity index (χ3n) is 5.59. The predicted molar refractivity (Wildman–Crippen MR) is 111 cm³/mol. The molecule has 1 atom stereocenters. The van der Waals surface area contributed by atoms with Gasteiger partial charge in [0.1, 0.15) is 0 Å². The fourth-order valence-corrected chi connectivity index (χ4v) is 4.94. The highest BCUT2D eigenvalue weighted by molar-refractivity contribution is 7.90. The first-order valence-electron chi connectivity index (χ1n) is 9.60. The molecule has 0 bridgehead atoms. The van der Waals surface area contributed by atoms with Gasteiger partial charge < -0.3 is 4.98 Å². The van der Waals surface area contributed by atoms with E-state index in [1.54, 1.807) is 6.92 Å². The minimum Gasteiger partial charge on any atom is -0.361 e. The van der Waals surface area contributed by atoms with Crippen LogP contribution in [0.3, 0.4) is 0 Å². The van der Waals surface area contributed by atoms with Gasteiger partial charge in [0.2, 0.25) is 0 Å². The van der Waals surface area contributed by atoms with Crippen LogP contribution in [-0.4, -0.2) is 37.1 Å². The van der Waals surface area contributed by atoms with Crippen molar-refractivity contribution in [1.82, 2.24) is 9.88 Å². The minimum absolute atomic E-state index is 0.142. The van der Waals surface area contributed by atoms with E-state index in [4.69, 9.17) is 0 Å². The smallest absolute Gasteiger partial charge is 0.154 e. The molecule has 1 aliphatic rings.